The van der Waals surface area contributed by atoms with Crippen LogP contribution in [0.25, 0.3) is 6.08 Å². The van der Waals surface area contributed by atoms with Crippen LogP contribution in [0.2, 0.25) is 0 Å². The maximum atomic E-state index is 10.3. The topological polar surface area (TPSA) is 46.5 Å². The SMILES string of the molecule is CC1(C)Oc2ccc(C=CC=O)cc2CC1O. The standard InChI is InChI=1S/C14H16O3/c1-14(2)13(16)9-11-8-10(4-3-7-15)5-6-12(11)17-14/h3-8,13,16H,9H2,1-2H3. The third-order valence-corrected chi connectivity index (χ3v) is 3.04. The summed E-state index contributed by atoms with van der Waals surface area (Å²) in [5.41, 5.74) is 1.36. The van der Waals surface area contributed by atoms with Gasteiger partial charge in [0.05, 0.1) is 6.10 Å². The van der Waals surface area contributed by atoms with Gasteiger partial charge >= 0.3 is 0 Å². The van der Waals surface area contributed by atoms with Crippen molar-refractivity contribution < 1.29 is 14.6 Å². The van der Waals surface area contributed by atoms with Gasteiger partial charge in [-0.15, -0.1) is 0 Å². The molecule has 90 valence electrons. The van der Waals surface area contributed by atoms with E-state index in [-0.39, 0.29) is 0 Å². The molecule has 1 aliphatic heterocycles. The number of hydrogen-bond acceptors (Lipinski definition) is 3. The number of allylic oxidation sites excluding steroid dienone is 1. The Kier molecular flexibility index (Phi) is 3.03. The maximum Gasteiger partial charge on any atom is 0.142 e. The zero-order valence-corrected chi connectivity index (χ0v) is 10.0. The highest BCUT2D eigenvalue weighted by Crippen LogP contribution is 2.33. The second-order valence-electron chi connectivity index (χ2n) is 4.79. The van der Waals surface area contributed by atoms with Crippen molar-refractivity contribution in [3.63, 3.8) is 0 Å². The third kappa shape index (κ3) is 2.39. The molecule has 1 aliphatic rings. The van der Waals surface area contributed by atoms with E-state index in [1.165, 1.54) is 6.08 Å². The summed E-state index contributed by atoms with van der Waals surface area (Å²) >= 11 is 0. The highest BCUT2D eigenvalue weighted by molar-refractivity contribution is 5.74. The first-order chi connectivity index (χ1) is 8.03. The van der Waals surface area contributed by atoms with Crippen molar-refractivity contribution in [3.05, 3.63) is 35.4 Å². The number of ether oxygens (including phenoxy) is 1. The number of aliphatic hydroxyl groups is 1. The van der Waals surface area contributed by atoms with Gasteiger partial charge in [-0.2, -0.15) is 0 Å². The normalized spacial score (nSPS) is 21.9. The number of aldehydes is 1. The molecule has 1 aromatic carbocycles. The highest BCUT2D eigenvalue weighted by atomic mass is 16.5. The largest absolute Gasteiger partial charge is 0.485 e. The summed E-state index contributed by atoms with van der Waals surface area (Å²) in [6.45, 7) is 3.75. The minimum Gasteiger partial charge on any atom is -0.485 e. The molecule has 17 heavy (non-hydrogen) atoms. The zero-order valence-electron chi connectivity index (χ0n) is 10.0. The molecule has 3 heteroatoms. The van der Waals surface area contributed by atoms with Crippen LogP contribution in [0.4, 0.5) is 0 Å². The lowest BCUT2D eigenvalue weighted by molar-refractivity contribution is -0.104. The van der Waals surface area contributed by atoms with E-state index in [1.54, 1.807) is 6.08 Å². The Morgan fingerprint density at radius 2 is 2.24 bits per heavy atom. The van der Waals surface area contributed by atoms with E-state index in [9.17, 15) is 9.90 Å². The molecule has 1 aromatic rings. The van der Waals surface area contributed by atoms with E-state index in [4.69, 9.17) is 4.74 Å². The molecule has 2 rings (SSSR count). The third-order valence-electron chi connectivity index (χ3n) is 3.04. The van der Waals surface area contributed by atoms with Crippen LogP contribution in [-0.2, 0) is 11.2 Å². The smallest absolute Gasteiger partial charge is 0.142 e. The van der Waals surface area contributed by atoms with Crippen LogP contribution in [0, 0.1) is 0 Å². The Labute approximate surface area is 101 Å². The molecule has 3 nitrogen and oxygen atoms in total. The molecule has 1 heterocycles. The average molecular weight is 232 g/mol. The lowest BCUT2D eigenvalue weighted by Gasteiger charge is -2.37. The van der Waals surface area contributed by atoms with Crippen LogP contribution in [0.1, 0.15) is 25.0 Å². The first-order valence-electron chi connectivity index (χ1n) is 5.65. The Morgan fingerprint density at radius 3 is 2.94 bits per heavy atom. The maximum absolute atomic E-state index is 10.3. The number of aliphatic hydroxyl groups excluding tert-OH is 1. The van der Waals surface area contributed by atoms with Crippen LogP contribution in [0.15, 0.2) is 24.3 Å². The highest BCUT2D eigenvalue weighted by Gasteiger charge is 2.35. The predicted octanol–water partition coefficient (Wildman–Crippen LogP) is 1.97. The fourth-order valence-electron chi connectivity index (χ4n) is 1.92. The summed E-state index contributed by atoms with van der Waals surface area (Å²) in [7, 11) is 0. The van der Waals surface area contributed by atoms with E-state index in [0.717, 1.165) is 23.2 Å². The lowest BCUT2D eigenvalue weighted by Crippen LogP contribution is -2.46. The molecule has 1 N–H and O–H groups in total. The average Bonchev–Trinajstić information content (AvgIpc) is 2.27. The van der Waals surface area contributed by atoms with E-state index in [0.29, 0.717) is 6.42 Å². The van der Waals surface area contributed by atoms with Crippen molar-refractivity contribution in [2.75, 3.05) is 0 Å². The molecule has 0 aromatic heterocycles. The van der Waals surface area contributed by atoms with Crippen molar-refractivity contribution in [3.8, 4) is 5.75 Å². The minimum absolute atomic E-state index is 0.514. The molecule has 0 saturated heterocycles. The molecule has 1 unspecified atom stereocenters. The van der Waals surface area contributed by atoms with Gasteiger partial charge < -0.3 is 9.84 Å². The number of benzene rings is 1. The fraction of sp³-hybridized carbons (Fsp3) is 0.357. The summed E-state index contributed by atoms with van der Waals surface area (Å²) in [6, 6.07) is 5.72. The van der Waals surface area contributed by atoms with Gasteiger partial charge in [0, 0.05) is 6.42 Å². The van der Waals surface area contributed by atoms with Crippen molar-refractivity contribution in [2.45, 2.75) is 32.0 Å². The minimum atomic E-state index is -0.548. The van der Waals surface area contributed by atoms with E-state index in [2.05, 4.69) is 0 Å². The molecule has 0 aliphatic carbocycles. The molecule has 0 radical (unpaired) electrons. The second kappa shape index (κ2) is 4.34. The first-order valence-corrected chi connectivity index (χ1v) is 5.65. The van der Waals surface area contributed by atoms with E-state index >= 15 is 0 Å². The van der Waals surface area contributed by atoms with Gasteiger partial charge in [0.15, 0.2) is 0 Å². The summed E-state index contributed by atoms with van der Waals surface area (Å²) in [5.74, 6) is 0.809. The number of carbonyl (C=O) groups excluding carboxylic acids is 1. The van der Waals surface area contributed by atoms with Gasteiger partial charge in [-0.3, -0.25) is 4.79 Å². The van der Waals surface area contributed by atoms with Gasteiger partial charge in [0.1, 0.15) is 17.6 Å². The van der Waals surface area contributed by atoms with E-state index in [1.807, 2.05) is 32.0 Å². The van der Waals surface area contributed by atoms with Gasteiger partial charge in [0.25, 0.3) is 0 Å². The number of carbonyl (C=O) groups is 1. The molecular formula is C14H16O3. The van der Waals surface area contributed by atoms with Crippen molar-refractivity contribution in [1.82, 2.24) is 0 Å². The predicted molar refractivity (Wildman–Crippen MR) is 66.0 cm³/mol. The van der Waals surface area contributed by atoms with Crippen molar-refractivity contribution >= 4 is 12.4 Å². The first kappa shape index (κ1) is 11.9. The van der Waals surface area contributed by atoms with Crippen LogP contribution >= 0.6 is 0 Å². The molecular weight excluding hydrogens is 216 g/mol. The Hall–Kier alpha value is -1.61. The quantitative estimate of drug-likeness (QED) is 0.626. The van der Waals surface area contributed by atoms with Gasteiger partial charge in [-0.25, -0.2) is 0 Å². The fourth-order valence-corrected chi connectivity index (χ4v) is 1.92. The molecule has 0 fully saturated rings. The Balaban J connectivity index is 2.32. The lowest BCUT2D eigenvalue weighted by atomic mass is 9.90. The van der Waals surface area contributed by atoms with Crippen LogP contribution in [-0.4, -0.2) is 23.1 Å². The van der Waals surface area contributed by atoms with E-state index < -0.39 is 11.7 Å². The molecule has 0 saturated carbocycles. The van der Waals surface area contributed by atoms with Gasteiger partial charge in [-0.1, -0.05) is 12.1 Å². The van der Waals surface area contributed by atoms with Crippen LogP contribution in [0.5, 0.6) is 5.75 Å². The van der Waals surface area contributed by atoms with Crippen molar-refractivity contribution in [1.29, 1.82) is 0 Å². The number of fused-ring (bicyclic) bond motifs is 1. The monoisotopic (exact) mass is 232 g/mol. The van der Waals surface area contributed by atoms with Gasteiger partial charge in [0.2, 0.25) is 0 Å². The summed E-state index contributed by atoms with van der Waals surface area (Å²) in [6.07, 6.45) is 3.99. The molecule has 0 spiro atoms. The summed E-state index contributed by atoms with van der Waals surface area (Å²) < 4.78 is 5.75. The Morgan fingerprint density at radius 1 is 1.47 bits per heavy atom. The zero-order chi connectivity index (χ0) is 12.5. The number of hydrogen-bond donors (Lipinski definition) is 1. The molecule has 1 atom stereocenters. The Bertz CT molecular complexity index is 461. The summed E-state index contributed by atoms with van der Waals surface area (Å²) in [5, 5.41) is 9.95. The molecule has 0 bridgehead atoms. The van der Waals surface area contributed by atoms with Crippen LogP contribution < -0.4 is 4.74 Å². The van der Waals surface area contributed by atoms with Gasteiger partial charge in [-0.05, 0) is 43.2 Å². The molecule has 0 amide bonds. The second-order valence-corrected chi connectivity index (χ2v) is 4.79. The van der Waals surface area contributed by atoms with Crippen LogP contribution in [0.3, 0.4) is 0 Å². The number of rotatable bonds is 2. The summed E-state index contributed by atoms with van der Waals surface area (Å²) in [4.78, 5) is 10.3. The van der Waals surface area contributed by atoms with Crippen molar-refractivity contribution in [2.24, 2.45) is 0 Å².